The second kappa shape index (κ2) is 14.1. The number of hydrogen-bond acceptors (Lipinski definition) is 3. The summed E-state index contributed by atoms with van der Waals surface area (Å²) in [5.41, 5.74) is 13.6. The Morgan fingerprint density at radius 1 is 0.286 bits per heavy atom. The lowest BCUT2D eigenvalue weighted by Crippen LogP contribution is -2.11. The lowest BCUT2D eigenvalue weighted by molar-refractivity contribution is 0.669. The summed E-state index contributed by atoms with van der Waals surface area (Å²) in [4.78, 5) is 2.41. The first-order valence-electron chi connectivity index (χ1n) is 21.5. The maximum Gasteiger partial charge on any atom is 0.143 e. The van der Waals surface area contributed by atoms with Gasteiger partial charge in [0, 0.05) is 32.8 Å². The summed E-state index contributed by atoms with van der Waals surface area (Å²) in [6.07, 6.45) is 0. The van der Waals surface area contributed by atoms with Crippen LogP contribution in [-0.2, 0) is 0 Å². The Labute approximate surface area is 363 Å². The average molecular weight is 804 g/mol. The fourth-order valence-corrected chi connectivity index (χ4v) is 9.91. The molecular weight excluding hydrogens is 767 g/mol. The first-order chi connectivity index (χ1) is 31.2. The van der Waals surface area contributed by atoms with E-state index in [1.165, 1.54) is 32.8 Å². The van der Waals surface area contributed by atoms with Crippen LogP contribution in [0.5, 0.6) is 0 Å². The summed E-state index contributed by atoms with van der Waals surface area (Å²) in [5, 5.41) is 11.5. The summed E-state index contributed by atoms with van der Waals surface area (Å²) >= 11 is 0. The van der Waals surface area contributed by atoms with Gasteiger partial charge in [-0.25, -0.2) is 0 Å². The van der Waals surface area contributed by atoms with Crippen molar-refractivity contribution in [1.29, 1.82) is 0 Å². The van der Waals surface area contributed by atoms with Gasteiger partial charge in [0.05, 0.1) is 16.8 Å². The summed E-state index contributed by atoms with van der Waals surface area (Å²) in [5.74, 6) is 0. The summed E-state index contributed by atoms with van der Waals surface area (Å²) in [6, 6.07) is 80.5. The minimum Gasteiger partial charge on any atom is -0.456 e. The van der Waals surface area contributed by atoms with Gasteiger partial charge >= 0.3 is 0 Å². The number of nitrogens with zero attached hydrogens (tertiary/aromatic N) is 1. The minimum atomic E-state index is 0.845. The molecule has 3 heteroatoms. The van der Waals surface area contributed by atoms with Crippen LogP contribution >= 0.6 is 0 Å². The van der Waals surface area contributed by atoms with E-state index in [0.717, 1.165) is 93.8 Å². The third-order valence-electron chi connectivity index (χ3n) is 12.8. The number of hydrogen-bond donors (Lipinski definition) is 0. The van der Waals surface area contributed by atoms with Gasteiger partial charge in [-0.05, 0) is 115 Å². The highest BCUT2D eigenvalue weighted by molar-refractivity contribution is 6.21. The number of benzene rings is 11. The number of para-hydroxylation sites is 1. The molecule has 13 aromatic rings. The van der Waals surface area contributed by atoms with Crippen molar-refractivity contribution in [2.75, 3.05) is 4.90 Å². The molecule has 0 fully saturated rings. The Bertz CT molecular complexity index is 3920. The monoisotopic (exact) mass is 803 g/mol. The van der Waals surface area contributed by atoms with Crippen LogP contribution in [0.4, 0.5) is 17.1 Å². The van der Waals surface area contributed by atoms with Gasteiger partial charge in [0.15, 0.2) is 0 Å². The van der Waals surface area contributed by atoms with Crippen molar-refractivity contribution >= 4 is 93.3 Å². The largest absolute Gasteiger partial charge is 0.456 e. The van der Waals surface area contributed by atoms with E-state index < -0.39 is 0 Å². The van der Waals surface area contributed by atoms with E-state index in [1.807, 2.05) is 0 Å². The fourth-order valence-electron chi connectivity index (χ4n) is 9.91. The summed E-state index contributed by atoms with van der Waals surface area (Å²) in [6.45, 7) is 0. The smallest absolute Gasteiger partial charge is 0.143 e. The average Bonchev–Trinajstić information content (AvgIpc) is 3.92. The zero-order valence-electron chi connectivity index (χ0n) is 34.1. The van der Waals surface area contributed by atoms with Gasteiger partial charge in [0.2, 0.25) is 0 Å². The normalized spacial score (nSPS) is 11.8. The van der Waals surface area contributed by atoms with Crippen LogP contribution in [0.2, 0.25) is 0 Å². The first kappa shape index (κ1) is 35.4. The first-order valence-corrected chi connectivity index (χ1v) is 21.5. The second-order valence-electron chi connectivity index (χ2n) is 16.4. The maximum atomic E-state index is 6.79. The molecule has 2 heterocycles. The summed E-state index contributed by atoms with van der Waals surface area (Å²) in [7, 11) is 0. The van der Waals surface area contributed by atoms with Gasteiger partial charge in [-0.15, -0.1) is 0 Å². The highest BCUT2D eigenvalue weighted by atomic mass is 16.3. The molecule has 0 aliphatic rings. The molecule has 0 saturated carbocycles. The van der Waals surface area contributed by atoms with E-state index in [-0.39, 0.29) is 0 Å². The molecule has 0 unspecified atom stereocenters. The van der Waals surface area contributed by atoms with Crippen LogP contribution in [0.3, 0.4) is 0 Å². The zero-order chi connectivity index (χ0) is 41.4. The number of anilines is 3. The predicted molar refractivity (Wildman–Crippen MR) is 265 cm³/mol. The van der Waals surface area contributed by atoms with Crippen LogP contribution in [0.25, 0.3) is 110 Å². The van der Waals surface area contributed by atoms with E-state index in [9.17, 15) is 0 Å². The van der Waals surface area contributed by atoms with Gasteiger partial charge in [-0.2, -0.15) is 0 Å². The Hall–Kier alpha value is -8.40. The van der Waals surface area contributed by atoms with Crippen molar-refractivity contribution in [3.63, 3.8) is 0 Å². The van der Waals surface area contributed by atoms with E-state index in [4.69, 9.17) is 8.83 Å². The van der Waals surface area contributed by atoms with Gasteiger partial charge in [-0.1, -0.05) is 164 Å². The van der Waals surface area contributed by atoms with Crippen molar-refractivity contribution in [3.8, 4) is 33.4 Å². The van der Waals surface area contributed by atoms with Crippen molar-refractivity contribution in [1.82, 2.24) is 0 Å². The van der Waals surface area contributed by atoms with Gasteiger partial charge in [0.25, 0.3) is 0 Å². The quantitative estimate of drug-likeness (QED) is 0.168. The molecule has 3 nitrogen and oxygen atoms in total. The third-order valence-corrected chi connectivity index (χ3v) is 12.8. The highest BCUT2D eigenvalue weighted by Gasteiger charge is 2.24. The lowest BCUT2D eigenvalue weighted by atomic mass is 9.94. The Morgan fingerprint density at radius 3 is 1.75 bits per heavy atom. The maximum absolute atomic E-state index is 6.79. The zero-order valence-corrected chi connectivity index (χ0v) is 34.1. The third kappa shape index (κ3) is 5.67. The van der Waals surface area contributed by atoms with Crippen LogP contribution in [0.15, 0.2) is 233 Å². The van der Waals surface area contributed by atoms with Crippen molar-refractivity contribution in [2.24, 2.45) is 0 Å². The molecule has 0 saturated heterocycles. The SMILES string of the molecule is c1cc(-c2ccc(N(c3ccccc3-c3cccc4oc5cc6ccccc6cc5c34)c3cccc4oc5c6ccccc6ccc5c34)cc2)cc(-c2cccc3ccccc23)c1. The predicted octanol–water partition coefficient (Wildman–Crippen LogP) is 17.4. The molecule has 0 atom stereocenters. The topological polar surface area (TPSA) is 29.5 Å². The molecule has 63 heavy (non-hydrogen) atoms. The van der Waals surface area contributed by atoms with E-state index in [1.54, 1.807) is 0 Å². The fraction of sp³-hybridized carbons (Fsp3) is 0. The Morgan fingerprint density at radius 2 is 0.889 bits per heavy atom. The molecule has 0 spiro atoms. The van der Waals surface area contributed by atoms with Crippen molar-refractivity contribution < 1.29 is 8.83 Å². The molecule has 0 aliphatic carbocycles. The van der Waals surface area contributed by atoms with Crippen molar-refractivity contribution in [2.45, 2.75) is 0 Å². The molecule has 294 valence electrons. The summed E-state index contributed by atoms with van der Waals surface area (Å²) < 4.78 is 13.4. The molecule has 2 aromatic heterocycles. The minimum absolute atomic E-state index is 0.845. The van der Waals surface area contributed by atoms with Crippen molar-refractivity contribution in [3.05, 3.63) is 224 Å². The highest BCUT2D eigenvalue weighted by Crippen LogP contribution is 2.49. The molecule has 0 bridgehead atoms. The molecular formula is C60H37NO2. The van der Waals surface area contributed by atoms with Crippen LogP contribution < -0.4 is 4.90 Å². The molecule has 13 rings (SSSR count). The van der Waals surface area contributed by atoms with Gasteiger partial charge < -0.3 is 13.7 Å². The number of rotatable bonds is 6. The van der Waals surface area contributed by atoms with Gasteiger partial charge in [0.1, 0.15) is 22.3 Å². The number of fused-ring (bicyclic) bond motifs is 10. The van der Waals surface area contributed by atoms with E-state index in [0.29, 0.717) is 0 Å². The molecule has 0 aliphatic heterocycles. The molecule has 0 radical (unpaired) electrons. The van der Waals surface area contributed by atoms with E-state index in [2.05, 4.69) is 229 Å². The standard InChI is InChI=1S/C60H37NO2/c1-2-16-43-37-57-52(36-42(43)15-1)58-50(24-11-27-55(58)62-57)49-22-7-8-25-53(49)61(54-26-12-28-56-59(54)51-34-31-40-14-4-6-21-48(40)60(51)63-56)45-32-29-38(30-33-45)41-18-9-19-44(35-41)47-23-10-17-39-13-3-5-20-46(39)47/h1-37H. The molecule has 0 N–H and O–H groups in total. The number of furan rings is 2. The van der Waals surface area contributed by atoms with Crippen LogP contribution in [0, 0.1) is 0 Å². The van der Waals surface area contributed by atoms with Crippen LogP contribution in [-0.4, -0.2) is 0 Å². The van der Waals surface area contributed by atoms with E-state index >= 15 is 0 Å². The lowest BCUT2D eigenvalue weighted by Gasteiger charge is -2.29. The van der Waals surface area contributed by atoms with Gasteiger partial charge in [-0.3, -0.25) is 0 Å². The molecule has 11 aromatic carbocycles. The van der Waals surface area contributed by atoms with Crippen LogP contribution in [0.1, 0.15) is 0 Å². The Kier molecular flexibility index (Phi) is 7.91. The second-order valence-corrected chi connectivity index (χ2v) is 16.4. The Balaban J connectivity index is 1.02. The molecule has 0 amide bonds.